The number of ether oxygens (including phenoxy) is 1. The average molecular weight is 369 g/mol. The van der Waals surface area contributed by atoms with Crippen molar-refractivity contribution in [1.29, 1.82) is 0 Å². The van der Waals surface area contributed by atoms with Crippen LogP contribution in [-0.2, 0) is 4.74 Å². The van der Waals surface area contributed by atoms with Gasteiger partial charge in [0.15, 0.2) is 0 Å². The van der Waals surface area contributed by atoms with Crippen molar-refractivity contribution in [1.82, 2.24) is 4.90 Å². The zero-order chi connectivity index (χ0) is 16.3. The van der Waals surface area contributed by atoms with Gasteiger partial charge < -0.3 is 15.0 Å². The van der Waals surface area contributed by atoms with E-state index in [2.05, 4.69) is 46.4 Å². The summed E-state index contributed by atoms with van der Waals surface area (Å²) in [5.74, 6) is 0. The first-order valence-corrected chi connectivity index (χ1v) is 8.54. The molecule has 1 heterocycles. The van der Waals surface area contributed by atoms with Gasteiger partial charge in [0, 0.05) is 29.3 Å². The topological polar surface area (TPSA) is 41.6 Å². The molecule has 1 saturated heterocycles. The van der Waals surface area contributed by atoms with E-state index >= 15 is 0 Å². The number of likely N-dealkylation sites (tertiary alicyclic amines) is 1. The van der Waals surface area contributed by atoms with Gasteiger partial charge in [-0.15, -0.1) is 0 Å². The van der Waals surface area contributed by atoms with Crippen molar-refractivity contribution < 1.29 is 9.53 Å². The highest BCUT2D eigenvalue weighted by Crippen LogP contribution is 2.23. The number of piperidine rings is 1. The first-order valence-electron chi connectivity index (χ1n) is 7.75. The number of benzene rings is 1. The second-order valence-electron chi connectivity index (χ2n) is 6.87. The average Bonchev–Trinajstić information content (AvgIpc) is 2.41. The Morgan fingerprint density at radius 3 is 2.77 bits per heavy atom. The Bertz CT molecular complexity index is 540. The van der Waals surface area contributed by atoms with Crippen LogP contribution in [0.3, 0.4) is 0 Å². The Labute approximate surface area is 141 Å². The Morgan fingerprint density at radius 2 is 2.14 bits per heavy atom. The van der Waals surface area contributed by atoms with E-state index in [1.807, 2.05) is 20.8 Å². The van der Waals surface area contributed by atoms with Gasteiger partial charge in [0.1, 0.15) is 5.60 Å². The lowest BCUT2D eigenvalue weighted by atomic mass is 10.1. The fourth-order valence-corrected chi connectivity index (χ4v) is 2.88. The summed E-state index contributed by atoms with van der Waals surface area (Å²) in [7, 11) is 0. The molecule has 0 saturated carbocycles. The minimum Gasteiger partial charge on any atom is -0.444 e. The van der Waals surface area contributed by atoms with Crippen LogP contribution < -0.4 is 5.32 Å². The second kappa shape index (κ2) is 6.90. The van der Waals surface area contributed by atoms with Crippen LogP contribution in [0.25, 0.3) is 0 Å². The van der Waals surface area contributed by atoms with E-state index in [9.17, 15) is 4.79 Å². The molecule has 4 nitrogen and oxygen atoms in total. The second-order valence-corrected chi connectivity index (χ2v) is 7.73. The van der Waals surface area contributed by atoms with Gasteiger partial charge in [-0.2, -0.15) is 0 Å². The van der Waals surface area contributed by atoms with E-state index in [0.717, 1.165) is 29.5 Å². The molecular weight excluding hydrogens is 344 g/mol. The van der Waals surface area contributed by atoms with Gasteiger partial charge in [0.2, 0.25) is 0 Å². The predicted octanol–water partition coefficient (Wildman–Crippen LogP) is 4.57. The number of hydrogen-bond acceptors (Lipinski definition) is 3. The van der Waals surface area contributed by atoms with Crippen LogP contribution in [0.4, 0.5) is 10.5 Å². The molecule has 1 aliphatic heterocycles. The van der Waals surface area contributed by atoms with Crippen molar-refractivity contribution in [2.45, 2.75) is 52.2 Å². The number of amides is 1. The van der Waals surface area contributed by atoms with Gasteiger partial charge in [-0.3, -0.25) is 0 Å². The van der Waals surface area contributed by atoms with Gasteiger partial charge in [0.25, 0.3) is 0 Å². The van der Waals surface area contributed by atoms with Crippen molar-refractivity contribution in [3.63, 3.8) is 0 Å². The zero-order valence-corrected chi connectivity index (χ0v) is 15.4. The molecule has 22 heavy (non-hydrogen) atoms. The molecule has 0 aliphatic carbocycles. The maximum Gasteiger partial charge on any atom is 0.410 e. The number of aryl methyl sites for hydroxylation is 1. The number of rotatable bonds is 2. The van der Waals surface area contributed by atoms with Crippen molar-refractivity contribution in [2.24, 2.45) is 0 Å². The third-order valence-corrected chi connectivity index (χ3v) is 4.47. The lowest BCUT2D eigenvalue weighted by Gasteiger charge is -2.34. The highest BCUT2D eigenvalue weighted by atomic mass is 79.9. The molecular formula is C17H25BrN2O2. The standard InChI is InChI=1S/C17H25BrN2O2/c1-12-7-8-13(10-15(12)18)19-14-6-5-9-20(11-14)16(21)22-17(2,3)4/h7-8,10,14,19H,5-6,9,11H2,1-4H3. The molecule has 1 amide bonds. The zero-order valence-electron chi connectivity index (χ0n) is 13.8. The van der Waals surface area contributed by atoms with Gasteiger partial charge >= 0.3 is 6.09 Å². The number of nitrogens with one attached hydrogen (secondary N) is 1. The summed E-state index contributed by atoms with van der Waals surface area (Å²) in [5, 5.41) is 3.52. The van der Waals surface area contributed by atoms with Crippen LogP contribution >= 0.6 is 15.9 Å². The van der Waals surface area contributed by atoms with Crippen LogP contribution in [-0.4, -0.2) is 35.7 Å². The van der Waals surface area contributed by atoms with E-state index in [1.165, 1.54) is 5.56 Å². The number of hydrogen-bond donors (Lipinski definition) is 1. The fourth-order valence-electron chi connectivity index (χ4n) is 2.51. The third-order valence-electron chi connectivity index (χ3n) is 3.62. The van der Waals surface area contributed by atoms with E-state index in [4.69, 9.17) is 4.74 Å². The third kappa shape index (κ3) is 4.90. The van der Waals surface area contributed by atoms with Crippen LogP contribution in [0, 0.1) is 6.92 Å². The molecule has 0 radical (unpaired) electrons. The SMILES string of the molecule is Cc1ccc(NC2CCCN(C(=O)OC(C)(C)C)C2)cc1Br. The molecule has 1 aromatic carbocycles. The Kier molecular flexibility index (Phi) is 5.37. The Morgan fingerprint density at radius 1 is 1.41 bits per heavy atom. The van der Waals surface area contributed by atoms with Crippen molar-refractivity contribution in [3.8, 4) is 0 Å². The summed E-state index contributed by atoms with van der Waals surface area (Å²) in [6.07, 6.45) is 1.83. The van der Waals surface area contributed by atoms with E-state index in [1.54, 1.807) is 4.90 Å². The maximum atomic E-state index is 12.2. The summed E-state index contributed by atoms with van der Waals surface area (Å²) >= 11 is 3.55. The highest BCUT2D eigenvalue weighted by molar-refractivity contribution is 9.10. The molecule has 1 N–H and O–H groups in total. The maximum absolute atomic E-state index is 12.2. The lowest BCUT2D eigenvalue weighted by Crippen LogP contribution is -2.46. The summed E-state index contributed by atoms with van der Waals surface area (Å²) in [5.41, 5.74) is 1.84. The van der Waals surface area contributed by atoms with Crippen molar-refractivity contribution in [2.75, 3.05) is 18.4 Å². The molecule has 1 atom stereocenters. The quantitative estimate of drug-likeness (QED) is 0.830. The van der Waals surface area contributed by atoms with Gasteiger partial charge in [-0.25, -0.2) is 4.79 Å². The summed E-state index contributed by atoms with van der Waals surface area (Å²) in [4.78, 5) is 14.0. The molecule has 0 bridgehead atoms. The number of anilines is 1. The molecule has 122 valence electrons. The molecule has 1 aromatic rings. The summed E-state index contributed by atoms with van der Waals surface area (Å²) in [6.45, 7) is 9.21. The smallest absolute Gasteiger partial charge is 0.410 e. The normalized spacial score (nSPS) is 19.0. The monoisotopic (exact) mass is 368 g/mol. The molecule has 1 unspecified atom stereocenters. The number of carbonyl (C=O) groups is 1. The minimum atomic E-state index is -0.445. The predicted molar refractivity (Wildman–Crippen MR) is 93.3 cm³/mol. The largest absolute Gasteiger partial charge is 0.444 e. The molecule has 0 aromatic heterocycles. The fraction of sp³-hybridized carbons (Fsp3) is 0.588. The Hall–Kier alpha value is -1.23. The first-order chi connectivity index (χ1) is 10.2. The van der Waals surface area contributed by atoms with E-state index in [-0.39, 0.29) is 12.1 Å². The molecule has 2 rings (SSSR count). The number of nitrogens with zero attached hydrogens (tertiary/aromatic N) is 1. The highest BCUT2D eigenvalue weighted by Gasteiger charge is 2.27. The van der Waals surface area contributed by atoms with Gasteiger partial charge in [0.05, 0.1) is 0 Å². The van der Waals surface area contributed by atoms with Crippen LogP contribution in [0.15, 0.2) is 22.7 Å². The van der Waals surface area contributed by atoms with Crippen LogP contribution in [0.1, 0.15) is 39.2 Å². The lowest BCUT2D eigenvalue weighted by molar-refractivity contribution is 0.0206. The molecule has 1 aliphatic rings. The molecule has 0 spiro atoms. The minimum absolute atomic E-state index is 0.218. The number of halogens is 1. The van der Waals surface area contributed by atoms with Crippen LogP contribution in [0.5, 0.6) is 0 Å². The molecule has 5 heteroatoms. The van der Waals surface area contributed by atoms with Crippen molar-refractivity contribution in [3.05, 3.63) is 28.2 Å². The van der Waals surface area contributed by atoms with Crippen molar-refractivity contribution >= 4 is 27.7 Å². The van der Waals surface area contributed by atoms with Gasteiger partial charge in [-0.05, 0) is 58.2 Å². The summed E-state index contributed by atoms with van der Waals surface area (Å²) < 4.78 is 6.56. The summed E-state index contributed by atoms with van der Waals surface area (Å²) in [6, 6.07) is 6.51. The molecule has 1 fully saturated rings. The van der Waals surface area contributed by atoms with E-state index in [0.29, 0.717) is 6.54 Å². The Balaban J connectivity index is 1.95. The van der Waals surface area contributed by atoms with E-state index < -0.39 is 5.60 Å². The van der Waals surface area contributed by atoms with Crippen LogP contribution in [0.2, 0.25) is 0 Å². The van der Waals surface area contributed by atoms with Gasteiger partial charge in [-0.1, -0.05) is 22.0 Å². The number of carbonyl (C=O) groups excluding carboxylic acids is 1. The first kappa shape index (κ1) is 17.1.